The summed E-state index contributed by atoms with van der Waals surface area (Å²) >= 11 is 0. The van der Waals surface area contributed by atoms with Crippen molar-refractivity contribution < 1.29 is 8.85 Å². The first-order chi connectivity index (χ1) is 13.6. The molecule has 0 aromatic heterocycles. The van der Waals surface area contributed by atoms with E-state index in [2.05, 4.69) is 99.9 Å². The molecule has 1 aliphatic rings. The van der Waals surface area contributed by atoms with Crippen LogP contribution >= 0.6 is 0 Å². The molecule has 0 amide bonds. The van der Waals surface area contributed by atoms with Gasteiger partial charge in [0.05, 0.1) is 16.1 Å². The molecule has 0 N–H and O–H groups in total. The highest BCUT2D eigenvalue weighted by atomic mass is 28.4. The van der Waals surface area contributed by atoms with E-state index in [4.69, 9.17) is 8.85 Å². The van der Waals surface area contributed by atoms with Crippen LogP contribution in [0.3, 0.4) is 0 Å². The molecule has 0 saturated heterocycles. The van der Waals surface area contributed by atoms with Crippen molar-refractivity contribution in [2.24, 2.45) is 0 Å². The summed E-state index contributed by atoms with van der Waals surface area (Å²) in [7, 11) is -2.53. The van der Waals surface area contributed by atoms with Gasteiger partial charge >= 0.3 is 8.56 Å². The van der Waals surface area contributed by atoms with E-state index in [1.54, 1.807) is 0 Å². The molecule has 5 heteroatoms. The predicted octanol–water partition coefficient (Wildman–Crippen LogP) is 6.48. The summed E-state index contributed by atoms with van der Waals surface area (Å²) in [6.07, 6.45) is 0. The summed E-state index contributed by atoms with van der Waals surface area (Å²) in [5.74, 6) is 0. The molecular formula is C24H34O2Si3. The average Bonchev–Trinajstić information content (AvgIpc) is 3.01. The second-order valence-corrected chi connectivity index (χ2v) is 23.8. The van der Waals surface area contributed by atoms with Crippen LogP contribution in [-0.4, -0.2) is 38.9 Å². The largest absolute Gasteiger partial charge is 0.392 e. The minimum Gasteiger partial charge on any atom is -0.392 e. The van der Waals surface area contributed by atoms with E-state index in [9.17, 15) is 0 Å². The molecule has 0 spiro atoms. The topological polar surface area (TPSA) is 18.5 Å². The summed E-state index contributed by atoms with van der Waals surface area (Å²) in [6.45, 7) is 14.6. The molecular weight excluding hydrogens is 405 g/mol. The van der Waals surface area contributed by atoms with Crippen molar-refractivity contribution >= 4 is 35.9 Å². The second-order valence-electron chi connectivity index (χ2n) is 9.76. The van der Waals surface area contributed by atoms with Crippen molar-refractivity contribution in [3.05, 3.63) is 81.4 Å². The Labute approximate surface area is 179 Å². The summed E-state index contributed by atoms with van der Waals surface area (Å²) in [5, 5.41) is 0. The maximum Gasteiger partial charge on any atom is 0.391 e. The second kappa shape index (κ2) is 7.96. The van der Waals surface area contributed by atoms with Gasteiger partial charge in [0, 0.05) is 14.2 Å². The Morgan fingerprint density at radius 1 is 0.552 bits per heavy atom. The van der Waals surface area contributed by atoms with E-state index in [1.807, 2.05) is 14.2 Å². The highest BCUT2D eigenvalue weighted by Crippen LogP contribution is 2.54. The average molecular weight is 439 g/mol. The number of allylic oxidation sites excluding steroid dienone is 2. The number of hydrogen-bond acceptors (Lipinski definition) is 2. The van der Waals surface area contributed by atoms with Gasteiger partial charge in [-0.25, -0.2) is 0 Å². The molecule has 0 aliphatic carbocycles. The van der Waals surface area contributed by atoms with Gasteiger partial charge in [0.25, 0.3) is 0 Å². The standard InChI is InChI=1S/C24H34O2Si3/c1-25-29(26-2)23(27(3,4)5)21(19-15-11-9-12-16-19)22(24(29)28(6,7)8)20-17-13-10-14-18-20/h9-18H,1-8H3. The van der Waals surface area contributed by atoms with E-state index >= 15 is 0 Å². The third-order valence-corrected chi connectivity index (χ3v) is 18.5. The van der Waals surface area contributed by atoms with Gasteiger partial charge in [0.1, 0.15) is 0 Å². The fourth-order valence-electron chi connectivity index (χ4n) is 4.72. The quantitative estimate of drug-likeness (QED) is 0.481. The predicted molar refractivity (Wildman–Crippen MR) is 133 cm³/mol. The van der Waals surface area contributed by atoms with Crippen molar-refractivity contribution in [2.45, 2.75) is 39.3 Å². The monoisotopic (exact) mass is 438 g/mol. The van der Waals surface area contributed by atoms with Crippen molar-refractivity contribution in [3.63, 3.8) is 0 Å². The normalized spacial score (nSPS) is 17.2. The Morgan fingerprint density at radius 2 is 0.862 bits per heavy atom. The van der Waals surface area contributed by atoms with Gasteiger partial charge in [-0.3, -0.25) is 0 Å². The minimum absolute atomic E-state index is 1.28. The lowest BCUT2D eigenvalue weighted by molar-refractivity contribution is 0.267. The smallest absolute Gasteiger partial charge is 0.391 e. The van der Waals surface area contributed by atoms with Crippen molar-refractivity contribution in [1.29, 1.82) is 0 Å². The van der Waals surface area contributed by atoms with Crippen molar-refractivity contribution in [1.82, 2.24) is 0 Å². The third kappa shape index (κ3) is 3.82. The fraction of sp³-hybridized carbons (Fsp3) is 0.333. The van der Waals surface area contributed by atoms with Gasteiger partial charge in [-0.05, 0) is 31.9 Å². The van der Waals surface area contributed by atoms with E-state index in [1.165, 1.54) is 31.9 Å². The zero-order valence-electron chi connectivity index (χ0n) is 19.1. The zero-order chi connectivity index (χ0) is 21.4. The van der Waals surface area contributed by atoms with Crippen molar-refractivity contribution in [3.8, 4) is 0 Å². The molecule has 154 valence electrons. The van der Waals surface area contributed by atoms with E-state index in [0.29, 0.717) is 0 Å². The molecule has 2 aromatic rings. The molecule has 0 saturated carbocycles. The van der Waals surface area contributed by atoms with Gasteiger partial charge in [-0.15, -0.1) is 0 Å². The molecule has 0 unspecified atom stereocenters. The Kier molecular flexibility index (Phi) is 6.09. The van der Waals surface area contributed by atoms with E-state index in [0.717, 1.165) is 0 Å². The first kappa shape index (κ1) is 22.2. The maximum absolute atomic E-state index is 6.50. The lowest BCUT2D eigenvalue weighted by Gasteiger charge is -2.38. The van der Waals surface area contributed by atoms with E-state index < -0.39 is 24.7 Å². The Morgan fingerprint density at radius 3 is 1.10 bits per heavy atom. The Bertz CT molecular complexity index is 854. The summed E-state index contributed by atoms with van der Waals surface area (Å²) in [4.78, 5) is 2.97. The van der Waals surface area contributed by atoms with E-state index in [-0.39, 0.29) is 0 Å². The van der Waals surface area contributed by atoms with Crippen LogP contribution in [0.5, 0.6) is 0 Å². The molecule has 1 aliphatic heterocycles. The molecule has 29 heavy (non-hydrogen) atoms. The molecule has 2 aromatic carbocycles. The molecule has 3 rings (SSSR count). The summed E-state index contributed by atoms with van der Waals surface area (Å²) in [5.41, 5.74) is 5.32. The zero-order valence-corrected chi connectivity index (χ0v) is 22.1. The third-order valence-electron chi connectivity index (χ3n) is 5.61. The molecule has 0 fully saturated rings. The first-order valence-electron chi connectivity index (χ1n) is 10.3. The van der Waals surface area contributed by atoms with Crippen LogP contribution in [0.1, 0.15) is 11.1 Å². The molecule has 2 nitrogen and oxygen atoms in total. The molecule has 1 heterocycles. The number of hydrogen-bond donors (Lipinski definition) is 0. The lowest BCUT2D eigenvalue weighted by atomic mass is 9.95. The minimum atomic E-state index is -2.72. The number of rotatable bonds is 6. The maximum atomic E-state index is 6.50. The summed E-state index contributed by atoms with van der Waals surface area (Å²) < 4.78 is 13.0. The van der Waals surface area contributed by atoms with Crippen LogP contribution in [0.25, 0.3) is 11.1 Å². The van der Waals surface area contributed by atoms with Gasteiger partial charge < -0.3 is 8.85 Å². The summed E-state index contributed by atoms with van der Waals surface area (Å²) in [6, 6.07) is 21.7. The lowest BCUT2D eigenvalue weighted by Crippen LogP contribution is -2.56. The van der Waals surface area contributed by atoms with Gasteiger partial charge in [0.2, 0.25) is 0 Å². The Hall–Kier alpha value is -1.51. The molecule has 0 radical (unpaired) electrons. The highest BCUT2D eigenvalue weighted by molar-refractivity contribution is 7.15. The molecule has 0 atom stereocenters. The molecule has 0 bridgehead atoms. The van der Waals surface area contributed by atoms with Crippen LogP contribution in [0.4, 0.5) is 0 Å². The van der Waals surface area contributed by atoms with Crippen molar-refractivity contribution in [2.75, 3.05) is 14.2 Å². The van der Waals surface area contributed by atoms with Gasteiger partial charge in [-0.1, -0.05) is 99.9 Å². The van der Waals surface area contributed by atoms with Crippen LogP contribution in [0.2, 0.25) is 39.3 Å². The SMILES string of the molecule is CO[Si]1(OC)C([Si](C)(C)C)=C(c2ccccc2)C(c2ccccc2)=C1[Si](C)(C)C. The van der Waals surface area contributed by atoms with Crippen LogP contribution < -0.4 is 0 Å². The fourth-order valence-corrected chi connectivity index (χ4v) is 19.4. The highest BCUT2D eigenvalue weighted by Gasteiger charge is 2.59. The van der Waals surface area contributed by atoms with Crippen LogP contribution in [0, 0.1) is 0 Å². The number of benzene rings is 2. The first-order valence-corrected chi connectivity index (χ1v) is 19.1. The van der Waals surface area contributed by atoms with Crippen LogP contribution in [-0.2, 0) is 8.85 Å². The van der Waals surface area contributed by atoms with Gasteiger partial charge in [0.15, 0.2) is 0 Å². The Balaban J connectivity index is 2.56. The van der Waals surface area contributed by atoms with Crippen LogP contribution in [0.15, 0.2) is 70.3 Å². The van der Waals surface area contributed by atoms with Gasteiger partial charge in [-0.2, -0.15) is 0 Å².